The Morgan fingerprint density at radius 1 is 1.19 bits per heavy atom. The van der Waals surface area contributed by atoms with Crippen molar-refractivity contribution in [3.63, 3.8) is 0 Å². The number of anilines is 2. The van der Waals surface area contributed by atoms with Gasteiger partial charge in [-0.15, -0.1) is 0 Å². The van der Waals surface area contributed by atoms with Crippen LogP contribution in [0.3, 0.4) is 0 Å². The maximum absolute atomic E-state index is 12.7. The smallest absolute Gasteiger partial charge is 0.327 e. The van der Waals surface area contributed by atoms with E-state index in [9.17, 15) is 4.79 Å². The minimum absolute atomic E-state index is 0.242. The monoisotopic (exact) mass is 422 g/mol. The third kappa shape index (κ3) is 4.89. The lowest BCUT2D eigenvalue weighted by Crippen LogP contribution is -2.36. The van der Waals surface area contributed by atoms with E-state index in [1.54, 1.807) is 34.9 Å². The van der Waals surface area contributed by atoms with Crippen molar-refractivity contribution in [3.8, 4) is 0 Å². The molecule has 1 aliphatic heterocycles. The maximum Gasteiger partial charge on any atom is 0.327 e. The van der Waals surface area contributed by atoms with E-state index < -0.39 is 0 Å². The van der Waals surface area contributed by atoms with Crippen LogP contribution < -0.4 is 10.2 Å². The van der Waals surface area contributed by atoms with Gasteiger partial charge in [0.2, 0.25) is 0 Å². The van der Waals surface area contributed by atoms with Crippen molar-refractivity contribution in [3.05, 3.63) is 52.5 Å². The number of amides is 2. The third-order valence-corrected chi connectivity index (χ3v) is 5.80. The zero-order valence-electron chi connectivity index (χ0n) is 15.2. The molecule has 0 bridgehead atoms. The molecule has 5 nitrogen and oxygen atoms in total. The van der Waals surface area contributed by atoms with Crippen molar-refractivity contribution in [1.82, 2.24) is 4.90 Å². The van der Waals surface area contributed by atoms with Gasteiger partial charge in [-0.25, -0.2) is 9.79 Å². The Labute approximate surface area is 173 Å². The second kappa shape index (κ2) is 8.42. The topological polar surface area (TPSA) is 47.9 Å². The van der Waals surface area contributed by atoms with Crippen LogP contribution in [0.15, 0.2) is 47.5 Å². The molecule has 1 saturated heterocycles. The van der Waals surface area contributed by atoms with Gasteiger partial charge in [0.25, 0.3) is 0 Å². The molecule has 3 rings (SSSR count). The summed E-state index contributed by atoms with van der Waals surface area (Å²) in [5, 5.41) is 4.65. The number of halogens is 2. The molecule has 2 aromatic carbocycles. The van der Waals surface area contributed by atoms with Gasteiger partial charge in [-0.1, -0.05) is 41.9 Å². The number of benzene rings is 2. The molecule has 1 atom stereocenters. The van der Waals surface area contributed by atoms with Crippen LogP contribution in [0, 0.1) is 0 Å². The Balaban J connectivity index is 1.78. The predicted molar refractivity (Wildman–Crippen MR) is 117 cm³/mol. The van der Waals surface area contributed by atoms with Crippen molar-refractivity contribution < 1.29 is 4.79 Å². The van der Waals surface area contributed by atoms with Gasteiger partial charge < -0.3 is 10.2 Å². The van der Waals surface area contributed by atoms with Crippen molar-refractivity contribution in [2.24, 2.45) is 4.99 Å². The number of nitrogens with zero attached hydrogens (tertiary/aromatic N) is 3. The zero-order valence-corrected chi connectivity index (χ0v) is 17.6. The fourth-order valence-corrected chi connectivity index (χ4v) is 3.90. The van der Waals surface area contributed by atoms with Gasteiger partial charge in [-0.3, -0.25) is 4.90 Å². The minimum Gasteiger partial charge on any atom is -0.378 e. The summed E-state index contributed by atoms with van der Waals surface area (Å²) < 4.78 is 0. The van der Waals surface area contributed by atoms with Crippen LogP contribution >= 0.6 is 35.0 Å². The molecule has 1 N–H and O–H groups in total. The molecule has 27 heavy (non-hydrogen) atoms. The average molecular weight is 423 g/mol. The number of hydrogen-bond donors (Lipinski definition) is 1. The Morgan fingerprint density at radius 3 is 2.52 bits per heavy atom. The molecular formula is C19H20Cl2N4OS. The highest BCUT2D eigenvalue weighted by molar-refractivity contribution is 8.14. The number of aliphatic imine (C=N–C) groups is 1. The van der Waals surface area contributed by atoms with E-state index in [0.29, 0.717) is 27.4 Å². The van der Waals surface area contributed by atoms with Gasteiger partial charge in [0.15, 0.2) is 5.17 Å². The second-order valence-corrected chi connectivity index (χ2v) is 8.62. The van der Waals surface area contributed by atoms with E-state index in [1.807, 2.05) is 43.3 Å². The number of hydrogen-bond acceptors (Lipinski definition) is 4. The highest BCUT2D eigenvalue weighted by Gasteiger charge is 2.31. The van der Waals surface area contributed by atoms with Gasteiger partial charge in [0.05, 0.1) is 15.7 Å². The van der Waals surface area contributed by atoms with Crippen molar-refractivity contribution in [2.45, 2.75) is 12.2 Å². The first-order valence-corrected chi connectivity index (χ1v) is 10.0. The molecule has 1 aliphatic rings. The molecule has 0 aliphatic carbocycles. The summed E-state index contributed by atoms with van der Waals surface area (Å²) >= 11 is 13.5. The van der Waals surface area contributed by atoms with Crippen LogP contribution in [0.25, 0.3) is 0 Å². The molecular weight excluding hydrogens is 403 g/mol. The van der Waals surface area contributed by atoms with E-state index in [-0.39, 0.29) is 11.3 Å². The summed E-state index contributed by atoms with van der Waals surface area (Å²) in [6.07, 6.45) is 0. The molecule has 8 heteroatoms. The molecule has 2 aromatic rings. The van der Waals surface area contributed by atoms with Gasteiger partial charge in [-0.2, -0.15) is 0 Å². The van der Waals surface area contributed by atoms with Crippen LogP contribution in [0.4, 0.5) is 21.9 Å². The minimum atomic E-state index is -0.242. The van der Waals surface area contributed by atoms with E-state index in [4.69, 9.17) is 23.2 Å². The van der Waals surface area contributed by atoms with Crippen molar-refractivity contribution in [1.29, 1.82) is 0 Å². The molecule has 2 amide bonds. The first-order chi connectivity index (χ1) is 12.8. The molecule has 1 fully saturated rings. The molecule has 0 spiro atoms. The number of carbonyl (C=O) groups is 1. The van der Waals surface area contributed by atoms with Gasteiger partial charge in [0.1, 0.15) is 0 Å². The van der Waals surface area contributed by atoms with Crippen LogP contribution in [-0.4, -0.2) is 42.0 Å². The van der Waals surface area contributed by atoms with Crippen LogP contribution in [0.5, 0.6) is 0 Å². The van der Waals surface area contributed by atoms with E-state index in [2.05, 4.69) is 17.2 Å². The first kappa shape index (κ1) is 19.9. The molecule has 1 heterocycles. The number of thioether (sulfide) groups is 1. The molecule has 0 unspecified atom stereocenters. The average Bonchev–Trinajstić information content (AvgIpc) is 2.99. The Hall–Kier alpha value is -1.89. The highest BCUT2D eigenvalue weighted by Crippen LogP contribution is 2.30. The molecule has 142 valence electrons. The van der Waals surface area contributed by atoms with Crippen LogP contribution in [-0.2, 0) is 0 Å². The Morgan fingerprint density at radius 2 is 1.89 bits per heavy atom. The van der Waals surface area contributed by atoms with Crippen LogP contribution in [0.1, 0.15) is 6.92 Å². The normalized spacial score (nSPS) is 18.0. The van der Waals surface area contributed by atoms with Gasteiger partial charge >= 0.3 is 6.03 Å². The lowest BCUT2D eigenvalue weighted by Gasteiger charge is -2.17. The van der Waals surface area contributed by atoms with Crippen molar-refractivity contribution in [2.75, 3.05) is 30.9 Å². The second-order valence-electron chi connectivity index (χ2n) is 6.40. The number of carbonyl (C=O) groups excluding carboxylic acids is 1. The summed E-state index contributed by atoms with van der Waals surface area (Å²) in [7, 11) is 3.98. The summed E-state index contributed by atoms with van der Waals surface area (Å²) in [5.41, 5.74) is 2.50. The number of nitrogens with one attached hydrogen (secondary N) is 1. The lowest BCUT2D eigenvalue weighted by molar-refractivity contribution is 0.235. The highest BCUT2D eigenvalue weighted by atomic mass is 35.5. The lowest BCUT2D eigenvalue weighted by atomic mass is 10.3. The number of urea groups is 1. The summed E-state index contributed by atoms with van der Waals surface area (Å²) in [6, 6.07) is 12.7. The fourth-order valence-electron chi connectivity index (χ4n) is 2.57. The van der Waals surface area contributed by atoms with E-state index in [1.165, 1.54) is 0 Å². The number of rotatable bonds is 3. The zero-order chi connectivity index (χ0) is 19.6. The molecule has 0 aromatic heterocycles. The summed E-state index contributed by atoms with van der Waals surface area (Å²) in [4.78, 5) is 21.1. The molecule has 0 saturated carbocycles. The summed E-state index contributed by atoms with van der Waals surface area (Å²) in [6.45, 7) is 2.66. The third-order valence-electron chi connectivity index (χ3n) is 3.98. The maximum atomic E-state index is 12.7. The largest absolute Gasteiger partial charge is 0.378 e. The van der Waals surface area contributed by atoms with Gasteiger partial charge in [-0.05, 0) is 42.5 Å². The fraction of sp³-hybridized carbons (Fsp3) is 0.263. The standard InChI is InChI=1S/C19H20Cl2N4OS/c1-12-11-25(18(26)22-14-6-9-16(20)17(21)10-14)19(27-12)23-13-4-7-15(8-5-13)24(2)3/h4-10,12H,11H2,1-3H3,(H,22,26)/t12-/m0/s1. The van der Waals surface area contributed by atoms with E-state index >= 15 is 0 Å². The Kier molecular flexibility index (Phi) is 6.19. The first-order valence-electron chi connectivity index (χ1n) is 8.40. The van der Waals surface area contributed by atoms with Gasteiger partial charge in [0, 0.05) is 37.3 Å². The predicted octanol–water partition coefficient (Wildman–Crippen LogP) is 5.72. The number of amidine groups is 1. The quantitative estimate of drug-likeness (QED) is 0.687. The van der Waals surface area contributed by atoms with E-state index in [0.717, 1.165) is 11.4 Å². The van der Waals surface area contributed by atoms with Crippen LogP contribution in [0.2, 0.25) is 10.0 Å². The molecule has 0 radical (unpaired) electrons. The summed E-state index contributed by atoms with van der Waals surface area (Å²) in [5.74, 6) is 0. The SMILES string of the molecule is C[C@H]1CN(C(=O)Nc2ccc(Cl)c(Cl)c2)C(=Nc2ccc(N(C)C)cc2)S1. The van der Waals surface area contributed by atoms with Crippen molar-refractivity contribution >= 4 is 63.2 Å². The Bertz CT molecular complexity index is 871.